The van der Waals surface area contributed by atoms with Crippen molar-refractivity contribution in [1.82, 2.24) is 10.6 Å². The number of amides is 3. The molecule has 7 N–H and O–H groups in total. The van der Waals surface area contributed by atoms with Gasteiger partial charge in [-0.3, -0.25) is 14.4 Å². The average molecular weight is 493 g/mol. The van der Waals surface area contributed by atoms with Crippen LogP contribution in [0.5, 0.6) is 5.75 Å². The SMILES string of the molecule is Cc1cc(CC(NC(=O)C(NC(=O)C(N)Cc2ccc(F)cc2)c2ccccc2)C(N)=O)ccc1O. The summed E-state index contributed by atoms with van der Waals surface area (Å²) in [5.74, 6) is -2.26. The molecule has 0 radical (unpaired) electrons. The molecule has 0 aliphatic heterocycles. The van der Waals surface area contributed by atoms with Gasteiger partial charge in [-0.05, 0) is 53.8 Å². The molecular formula is C27H29FN4O4. The van der Waals surface area contributed by atoms with Crippen LogP contribution in [0.1, 0.15) is 28.3 Å². The van der Waals surface area contributed by atoms with Crippen molar-refractivity contribution >= 4 is 17.7 Å². The number of hydrogen-bond donors (Lipinski definition) is 5. The molecule has 0 aliphatic carbocycles. The first-order valence-electron chi connectivity index (χ1n) is 11.4. The molecule has 3 amide bonds. The third-order valence-electron chi connectivity index (χ3n) is 5.75. The fourth-order valence-electron chi connectivity index (χ4n) is 3.72. The number of halogens is 1. The topological polar surface area (TPSA) is 148 Å². The van der Waals surface area contributed by atoms with Crippen molar-refractivity contribution in [3.05, 3.63) is 101 Å². The lowest BCUT2D eigenvalue weighted by Crippen LogP contribution is -2.52. The first-order chi connectivity index (χ1) is 17.1. The summed E-state index contributed by atoms with van der Waals surface area (Å²) >= 11 is 0. The second kappa shape index (κ2) is 11.9. The van der Waals surface area contributed by atoms with E-state index in [1.165, 1.54) is 30.3 Å². The van der Waals surface area contributed by atoms with E-state index in [2.05, 4.69) is 10.6 Å². The van der Waals surface area contributed by atoms with Gasteiger partial charge in [-0.15, -0.1) is 0 Å². The fraction of sp³-hybridized carbons (Fsp3) is 0.222. The van der Waals surface area contributed by atoms with Crippen LogP contribution in [0.15, 0.2) is 72.8 Å². The largest absolute Gasteiger partial charge is 0.508 e. The number of carbonyl (C=O) groups excluding carboxylic acids is 3. The van der Waals surface area contributed by atoms with Crippen LogP contribution in [-0.4, -0.2) is 34.9 Å². The Labute approximate surface area is 208 Å². The Morgan fingerprint density at radius 3 is 2.14 bits per heavy atom. The Kier molecular flexibility index (Phi) is 8.75. The Balaban J connectivity index is 1.76. The van der Waals surface area contributed by atoms with Gasteiger partial charge < -0.3 is 27.2 Å². The minimum atomic E-state index is -1.14. The molecule has 0 aliphatic rings. The molecule has 0 saturated carbocycles. The third-order valence-corrected chi connectivity index (χ3v) is 5.75. The highest BCUT2D eigenvalue weighted by molar-refractivity contribution is 5.93. The molecule has 9 heteroatoms. The molecule has 0 saturated heterocycles. The van der Waals surface area contributed by atoms with Gasteiger partial charge in [0.15, 0.2) is 0 Å². The highest BCUT2D eigenvalue weighted by Gasteiger charge is 2.28. The molecule has 0 spiro atoms. The molecule has 0 fully saturated rings. The number of phenolic OH excluding ortho intramolecular Hbond substituents is 1. The summed E-state index contributed by atoms with van der Waals surface area (Å²) in [6.45, 7) is 1.72. The minimum Gasteiger partial charge on any atom is -0.508 e. The van der Waals surface area contributed by atoms with Gasteiger partial charge >= 0.3 is 0 Å². The number of nitrogens with one attached hydrogen (secondary N) is 2. The van der Waals surface area contributed by atoms with E-state index in [1.54, 1.807) is 49.4 Å². The van der Waals surface area contributed by atoms with E-state index < -0.39 is 41.7 Å². The zero-order valence-electron chi connectivity index (χ0n) is 19.8. The molecule has 0 aromatic heterocycles. The molecule has 3 unspecified atom stereocenters. The zero-order chi connectivity index (χ0) is 26.2. The molecule has 3 aromatic rings. The van der Waals surface area contributed by atoms with E-state index in [4.69, 9.17) is 11.5 Å². The number of phenols is 1. The van der Waals surface area contributed by atoms with Crippen LogP contribution < -0.4 is 22.1 Å². The summed E-state index contributed by atoms with van der Waals surface area (Å²) in [4.78, 5) is 38.3. The van der Waals surface area contributed by atoms with Gasteiger partial charge in [0, 0.05) is 6.42 Å². The molecular weight excluding hydrogens is 463 g/mol. The second-order valence-electron chi connectivity index (χ2n) is 8.58. The number of rotatable bonds is 10. The number of benzene rings is 3. The van der Waals surface area contributed by atoms with Gasteiger partial charge in [-0.25, -0.2) is 4.39 Å². The van der Waals surface area contributed by atoms with Crippen molar-refractivity contribution in [1.29, 1.82) is 0 Å². The summed E-state index contributed by atoms with van der Waals surface area (Å²) in [7, 11) is 0. The summed E-state index contributed by atoms with van der Waals surface area (Å²) in [6.07, 6.45) is 0.237. The van der Waals surface area contributed by atoms with E-state index in [0.717, 1.165) is 0 Å². The van der Waals surface area contributed by atoms with E-state index in [-0.39, 0.29) is 18.6 Å². The van der Waals surface area contributed by atoms with Crippen molar-refractivity contribution in [3.8, 4) is 5.75 Å². The monoisotopic (exact) mass is 492 g/mol. The van der Waals surface area contributed by atoms with Crippen LogP contribution in [0.2, 0.25) is 0 Å². The Bertz CT molecular complexity index is 1220. The van der Waals surface area contributed by atoms with Crippen molar-refractivity contribution in [3.63, 3.8) is 0 Å². The fourth-order valence-corrected chi connectivity index (χ4v) is 3.72. The molecule has 0 bridgehead atoms. The summed E-state index contributed by atoms with van der Waals surface area (Å²) in [6, 6.07) is 15.8. The van der Waals surface area contributed by atoms with Gasteiger partial charge in [-0.1, -0.05) is 54.6 Å². The lowest BCUT2D eigenvalue weighted by atomic mass is 10.0. The van der Waals surface area contributed by atoms with Crippen LogP contribution in [-0.2, 0) is 27.2 Å². The number of primary amides is 1. The molecule has 8 nitrogen and oxygen atoms in total. The Morgan fingerprint density at radius 1 is 0.889 bits per heavy atom. The van der Waals surface area contributed by atoms with Crippen molar-refractivity contribution in [2.75, 3.05) is 0 Å². The average Bonchev–Trinajstić information content (AvgIpc) is 2.85. The van der Waals surface area contributed by atoms with Crippen molar-refractivity contribution in [2.45, 2.75) is 37.9 Å². The number of carbonyl (C=O) groups is 3. The maximum Gasteiger partial charge on any atom is 0.247 e. The predicted octanol–water partition coefficient (Wildman–Crippen LogP) is 1.78. The van der Waals surface area contributed by atoms with Gasteiger partial charge in [0.25, 0.3) is 0 Å². The maximum absolute atomic E-state index is 13.3. The number of nitrogens with two attached hydrogens (primary N) is 2. The maximum atomic E-state index is 13.3. The Morgan fingerprint density at radius 2 is 1.53 bits per heavy atom. The molecule has 36 heavy (non-hydrogen) atoms. The Hall–Kier alpha value is -4.24. The lowest BCUT2D eigenvalue weighted by molar-refractivity contribution is -0.131. The summed E-state index contributed by atoms with van der Waals surface area (Å²) in [5.41, 5.74) is 14.1. The molecule has 3 atom stereocenters. The highest BCUT2D eigenvalue weighted by atomic mass is 19.1. The van der Waals surface area contributed by atoms with Crippen LogP contribution in [0, 0.1) is 12.7 Å². The van der Waals surface area contributed by atoms with Gasteiger partial charge in [0.05, 0.1) is 6.04 Å². The first kappa shape index (κ1) is 26.4. The van der Waals surface area contributed by atoms with Crippen LogP contribution >= 0.6 is 0 Å². The quantitative estimate of drug-likeness (QED) is 0.293. The summed E-state index contributed by atoms with van der Waals surface area (Å²) in [5, 5.41) is 15.0. The van der Waals surface area contributed by atoms with E-state index in [1.807, 2.05) is 0 Å². The number of aromatic hydroxyl groups is 1. The van der Waals surface area contributed by atoms with Crippen LogP contribution in [0.25, 0.3) is 0 Å². The minimum absolute atomic E-state index is 0.0989. The molecule has 3 aromatic carbocycles. The van der Waals surface area contributed by atoms with Crippen molar-refractivity contribution in [2.24, 2.45) is 11.5 Å². The second-order valence-corrected chi connectivity index (χ2v) is 8.58. The molecule has 0 heterocycles. The summed E-state index contributed by atoms with van der Waals surface area (Å²) < 4.78 is 13.2. The van der Waals surface area contributed by atoms with Gasteiger partial charge in [0.2, 0.25) is 17.7 Å². The molecule has 188 valence electrons. The van der Waals surface area contributed by atoms with Gasteiger partial charge in [0.1, 0.15) is 23.7 Å². The van der Waals surface area contributed by atoms with Crippen molar-refractivity contribution < 1.29 is 23.9 Å². The number of aryl methyl sites for hydroxylation is 1. The first-order valence-corrected chi connectivity index (χ1v) is 11.4. The molecule has 3 rings (SSSR count). The van der Waals surface area contributed by atoms with Crippen LogP contribution in [0.4, 0.5) is 4.39 Å². The van der Waals surface area contributed by atoms with Gasteiger partial charge in [-0.2, -0.15) is 0 Å². The highest BCUT2D eigenvalue weighted by Crippen LogP contribution is 2.19. The van der Waals surface area contributed by atoms with E-state index in [9.17, 15) is 23.9 Å². The standard InChI is InChI=1S/C27H29FN4O4/c1-16-13-18(9-12-23(16)33)15-22(25(30)34)31-27(36)24(19-5-3-2-4-6-19)32-26(35)21(29)14-17-7-10-20(28)11-8-17/h2-13,21-22,24,33H,14-15,29H2,1H3,(H2,30,34)(H,31,36)(H,32,35). The lowest BCUT2D eigenvalue weighted by Gasteiger charge is -2.24. The zero-order valence-corrected chi connectivity index (χ0v) is 19.8. The normalized spacial score (nSPS) is 13.3. The predicted molar refractivity (Wildman–Crippen MR) is 133 cm³/mol. The van der Waals surface area contributed by atoms with Crippen LogP contribution in [0.3, 0.4) is 0 Å². The number of hydrogen-bond acceptors (Lipinski definition) is 5. The third kappa shape index (κ3) is 7.13. The smallest absolute Gasteiger partial charge is 0.247 e. The van der Waals surface area contributed by atoms with E-state index >= 15 is 0 Å². The van der Waals surface area contributed by atoms with E-state index in [0.29, 0.717) is 22.3 Å².